The highest BCUT2D eigenvalue weighted by Gasteiger charge is 2.29. The molecule has 5 nitrogen and oxygen atoms in total. The molecule has 120 valence electrons. The number of ether oxygens (including phenoxy) is 1. The molecule has 0 aliphatic carbocycles. The first kappa shape index (κ1) is 15.5. The highest BCUT2D eigenvalue weighted by atomic mass is 32.1. The quantitative estimate of drug-likeness (QED) is 0.781. The number of nitrogens with zero attached hydrogens (tertiary/aromatic N) is 2. The van der Waals surface area contributed by atoms with Crippen LogP contribution in [-0.2, 0) is 11.3 Å². The second-order valence-electron chi connectivity index (χ2n) is 5.57. The molecule has 1 N–H and O–H groups in total. The standard InChI is InChI=1S/C16H16FN3O2S/c1-16(2,22-13-5-3-11(17)4-6-13)14(21)18-9-12-10-20-7-8-23-15(20)19-12/h3-8,10H,9H2,1-2H3,(H,18,21). The number of halogens is 1. The van der Waals surface area contributed by atoms with Crippen molar-refractivity contribution < 1.29 is 13.9 Å². The Morgan fingerprint density at radius 3 is 2.83 bits per heavy atom. The highest BCUT2D eigenvalue weighted by Crippen LogP contribution is 2.19. The lowest BCUT2D eigenvalue weighted by Gasteiger charge is -2.25. The molecule has 3 aromatic rings. The molecule has 23 heavy (non-hydrogen) atoms. The maximum Gasteiger partial charge on any atom is 0.263 e. The number of nitrogens with one attached hydrogen (secondary N) is 1. The van der Waals surface area contributed by atoms with E-state index < -0.39 is 5.60 Å². The van der Waals surface area contributed by atoms with Crippen LogP contribution in [0.4, 0.5) is 4.39 Å². The van der Waals surface area contributed by atoms with Crippen molar-refractivity contribution in [2.24, 2.45) is 0 Å². The predicted molar refractivity (Wildman–Crippen MR) is 86.0 cm³/mol. The van der Waals surface area contributed by atoms with E-state index in [0.717, 1.165) is 10.7 Å². The molecular weight excluding hydrogens is 317 g/mol. The number of fused-ring (bicyclic) bond motifs is 1. The molecule has 2 aromatic heterocycles. The summed E-state index contributed by atoms with van der Waals surface area (Å²) in [5.41, 5.74) is -0.294. The highest BCUT2D eigenvalue weighted by molar-refractivity contribution is 7.15. The number of carbonyl (C=O) groups is 1. The largest absolute Gasteiger partial charge is 0.478 e. The van der Waals surface area contributed by atoms with Gasteiger partial charge in [-0.3, -0.25) is 9.20 Å². The number of carbonyl (C=O) groups excluding carboxylic acids is 1. The molecule has 1 aromatic carbocycles. The Hall–Kier alpha value is -2.41. The Bertz CT molecular complexity index is 795. The van der Waals surface area contributed by atoms with Gasteiger partial charge >= 0.3 is 0 Å². The number of imidazole rings is 1. The van der Waals surface area contributed by atoms with Gasteiger partial charge in [-0.15, -0.1) is 11.3 Å². The van der Waals surface area contributed by atoms with Gasteiger partial charge < -0.3 is 10.1 Å². The van der Waals surface area contributed by atoms with Crippen LogP contribution in [0.5, 0.6) is 5.75 Å². The second-order valence-corrected chi connectivity index (χ2v) is 6.45. The Balaban J connectivity index is 1.61. The second kappa shape index (κ2) is 6.00. The van der Waals surface area contributed by atoms with E-state index in [1.165, 1.54) is 35.6 Å². The minimum Gasteiger partial charge on any atom is -0.478 e. The normalized spacial score (nSPS) is 11.6. The zero-order chi connectivity index (χ0) is 16.4. The maximum atomic E-state index is 12.9. The number of hydrogen-bond donors (Lipinski definition) is 1. The molecule has 1 amide bonds. The zero-order valence-corrected chi connectivity index (χ0v) is 13.6. The van der Waals surface area contributed by atoms with Crippen molar-refractivity contribution in [2.75, 3.05) is 0 Å². The molecule has 0 saturated carbocycles. The lowest BCUT2D eigenvalue weighted by Crippen LogP contribution is -2.46. The number of hydrogen-bond acceptors (Lipinski definition) is 4. The Morgan fingerprint density at radius 1 is 1.39 bits per heavy atom. The van der Waals surface area contributed by atoms with Crippen molar-refractivity contribution in [3.63, 3.8) is 0 Å². The van der Waals surface area contributed by atoms with E-state index in [9.17, 15) is 9.18 Å². The van der Waals surface area contributed by atoms with Crippen molar-refractivity contribution in [3.05, 3.63) is 53.6 Å². The van der Waals surface area contributed by atoms with Gasteiger partial charge in [-0.1, -0.05) is 0 Å². The smallest absolute Gasteiger partial charge is 0.263 e. The van der Waals surface area contributed by atoms with Gasteiger partial charge in [-0.25, -0.2) is 9.37 Å². The van der Waals surface area contributed by atoms with Crippen LogP contribution in [0, 0.1) is 5.82 Å². The summed E-state index contributed by atoms with van der Waals surface area (Å²) >= 11 is 1.53. The predicted octanol–water partition coefficient (Wildman–Crippen LogP) is 3.01. The average molecular weight is 333 g/mol. The van der Waals surface area contributed by atoms with E-state index in [-0.39, 0.29) is 11.7 Å². The number of thiazole rings is 1. The van der Waals surface area contributed by atoms with Gasteiger partial charge in [0.15, 0.2) is 10.6 Å². The lowest BCUT2D eigenvalue weighted by atomic mass is 10.1. The van der Waals surface area contributed by atoms with Gasteiger partial charge in [-0.2, -0.15) is 0 Å². The van der Waals surface area contributed by atoms with Crippen LogP contribution in [0.25, 0.3) is 4.96 Å². The lowest BCUT2D eigenvalue weighted by molar-refractivity contribution is -0.134. The first-order valence-corrected chi connectivity index (χ1v) is 7.96. The van der Waals surface area contributed by atoms with Gasteiger partial charge in [-0.05, 0) is 38.1 Å². The molecular formula is C16H16FN3O2S. The van der Waals surface area contributed by atoms with Gasteiger partial charge in [0, 0.05) is 17.8 Å². The molecule has 0 fully saturated rings. The fourth-order valence-electron chi connectivity index (χ4n) is 2.09. The van der Waals surface area contributed by atoms with Gasteiger partial charge in [0.25, 0.3) is 5.91 Å². The molecule has 0 saturated heterocycles. The molecule has 3 rings (SSSR count). The van der Waals surface area contributed by atoms with Crippen LogP contribution in [0.2, 0.25) is 0 Å². The minimum absolute atomic E-state index is 0.266. The van der Waals surface area contributed by atoms with Crippen LogP contribution in [0.1, 0.15) is 19.5 Å². The Morgan fingerprint density at radius 2 is 2.13 bits per heavy atom. The van der Waals surface area contributed by atoms with E-state index in [0.29, 0.717) is 12.3 Å². The minimum atomic E-state index is -1.07. The summed E-state index contributed by atoms with van der Waals surface area (Å²) < 4.78 is 20.5. The van der Waals surface area contributed by atoms with E-state index in [4.69, 9.17) is 4.74 Å². The summed E-state index contributed by atoms with van der Waals surface area (Å²) in [5.74, 6) is -0.174. The van der Waals surface area contributed by atoms with E-state index in [1.807, 2.05) is 22.2 Å². The fraction of sp³-hybridized carbons (Fsp3) is 0.250. The molecule has 0 aliphatic heterocycles. The van der Waals surface area contributed by atoms with Crippen LogP contribution in [-0.4, -0.2) is 20.9 Å². The van der Waals surface area contributed by atoms with Gasteiger partial charge in [0.2, 0.25) is 0 Å². The molecule has 0 spiro atoms. The summed E-state index contributed by atoms with van der Waals surface area (Å²) in [4.78, 5) is 17.6. The number of amides is 1. The third-order valence-electron chi connectivity index (χ3n) is 3.31. The van der Waals surface area contributed by atoms with Crippen molar-refractivity contribution in [1.29, 1.82) is 0 Å². The van der Waals surface area contributed by atoms with Gasteiger partial charge in [0.05, 0.1) is 12.2 Å². The van der Waals surface area contributed by atoms with Crippen molar-refractivity contribution >= 4 is 22.2 Å². The molecule has 0 atom stereocenters. The maximum absolute atomic E-state index is 12.9. The molecule has 0 aliphatic rings. The topological polar surface area (TPSA) is 55.6 Å². The molecule has 0 radical (unpaired) electrons. The van der Waals surface area contributed by atoms with Crippen LogP contribution in [0.3, 0.4) is 0 Å². The van der Waals surface area contributed by atoms with Crippen LogP contribution < -0.4 is 10.1 Å². The summed E-state index contributed by atoms with van der Waals surface area (Å²) in [7, 11) is 0. The van der Waals surface area contributed by atoms with Crippen molar-refractivity contribution in [2.45, 2.75) is 26.0 Å². The van der Waals surface area contributed by atoms with Crippen LogP contribution >= 0.6 is 11.3 Å². The number of benzene rings is 1. The van der Waals surface area contributed by atoms with Crippen LogP contribution in [0.15, 0.2) is 42.0 Å². The molecule has 7 heteroatoms. The van der Waals surface area contributed by atoms with Crippen molar-refractivity contribution in [1.82, 2.24) is 14.7 Å². The van der Waals surface area contributed by atoms with E-state index in [1.54, 1.807) is 13.8 Å². The molecule has 2 heterocycles. The van der Waals surface area contributed by atoms with E-state index >= 15 is 0 Å². The summed E-state index contributed by atoms with van der Waals surface area (Å²) in [5, 5.41) is 4.76. The van der Waals surface area contributed by atoms with E-state index in [2.05, 4.69) is 10.3 Å². The monoisotopic (exact) mass is 333 g/mol. The molecule has 0 unspecified atom stereocenters. The van der Waals surface area contributed by atoms with Crippen molar-refractivity contribution in [3.8, 4) is 5.75 Å². The Labute approximate surface area is 136 Å². The molecule has 0 bridgehead atoms. The fourth-order valence-corrected chi connectivity index (χ4v) is 2.81. The summed E-state index contributed by atoms with van der Waals surface area (Å²) in [6, 6.07) is 5.57. The summed E-state index contributed by atoms with van der Waals surface area (Å²) in [6.07, 6.45) is 3.79. The third-order valence-corrected chi connectivity index (χ3v) is 4.08. The number of rotatable bonds is 5. The van der Waals surface area contributed by atoms with Gasteiger partial charge in [0.1, 0.15) is 11.6 Å². The average Bonchev–Trinajstić information content (AvgIpc) is 3.08. The third kappa shape index (κ3) is 3.50. The first-order valence-electron chi connectivity index (χ1n) is 7.08. The first-order chi connectivity index (χ1) is 10.9. The summed E-state index contributed by atoms with van der Waals surface area (Å²) in [6.45, 7) is 3.65. The Kier molecular flexibility index (Phi) is 4.04. The SMILES string of the molecule is CC(C)(Oc1ccc(F)cc1)C(=O)NCc1cn2ccsc2n1. The zero-order valence-electron chi connectivity index (χ0n) is 12.7. The number of aromatic nitrogens is 2.